The third kappa shape index (κ3) is 2.83. The maximum atomic E-state index is 12.2. The van der Waals surface area contributed by atoms with Gasteiger partial charge >= 0.3 is 0 Å². The fourth-order valence-corrected chi connectivity index (χ4v) is 2.44. The lowest BCUT2D eigenvalue weighted by Crippen LogP contribution is -2.30. The van der Waals surface area contributed by atoms with Gasteiger partial charge in [0.15, 0.2) is 0 Å². The molecule has 2 amide bonds. The Hall–Kier alpha value is -2.69. The van der Waals surface area contributed by atoms with E-state index < -0.39 is 0 Å². The highest BCUT2D eigenvalue weighted by Crippen LogP contribution is 2.22. The molecule has 5 heteroatoms. The number of carbonyl (C=O) groups is 2. The molecule has 1 aliphatic rings. The van der Waals surface area contributed by atoms with Gasteiger partial charge in [-0.15, -0.1) is 0 Å². The number of ether oxygens (including phenoxy) is 1. The van der Waals surface area contributed by atoms with Crippen LogP contribution in [-0.2, 0) is 0 Å². The minimum Gasteiger partial charge on any atom is -0.493 e. The Morgan fingerprint density at radius 2 is 1.55 bits per heavy atom. The monoisotopic (exact) mass is 296 g/mol. The van der Waals surface area contributed by atoms with Crippen LogP contribution in [0.3, 0.4) is 0 Å². The SMILES string of the molecule is O=C1c2ccccc2C(=O)N1CCCCOc1ccncc1. The summed E-state index contributed by atoms with van der Waals surface area (Å²) in [5, 5.41) is 0. The van der Waals surface area contributed by atoms with E-state index in [0.29, 0.717) is 24.3 Å². The summed E-state index contributed by atoms with van der Waals surface area (Å²) in [4.78, 5) is 29.6. The zero-order valence-electron chi connectivity index (χ0n) is 12.1. The van der Waals surface area contributed by atoms with Gasteiger partial charge in [0.2, 0.25) is 0 Å². The van der Waals surface area contributed by atoms with Crippen molar-refractivity contribution < 1.29 is 14.3 Å². The summed E-state index contributed by atoms with van der Waals surface area (Å²) in [6.07, 6.45) is 4.84. The molecule has 0 aliphatic carbocycles. The summed E-state index contributed by atoms with van der Waals surface area (Å²) < 4.78 is 5.56. The van der Waals surface area contributed by atoms with Crippen molar-refractivity contribution in [3.05, 3.63) is 59.9 Å². The van der Waals surface area contributed by atoms with Crippen LogP contribution >= 0.6 is 0 Å². The number of hydrogen-bond acceptors (Lipinski definition) is 4. The second-order valence-electron chi connectivity index (χ2n) is 5.05. The summed E-state index contributed by atoms with van der Waals surface area (Å²) in [7, 11) is 0. The molecular weight excluding hydrogens is 280 g/mol. The van der Waals surface area contributed by atoms with Crippen molar-refractivity contribution in [2.45, 2.75) is 12.8 Å². The predicted octanol–water partition coefficient (Wildman–Crippen LogP) is 2.54. The van der Waals surface area contributed by atoms with E-state index in [1.165, 1.54) is 4.90 Å². The van der Waals surface area contributed by atoms with Crippen molar-refractivity contribution in [2.24, 2.45) is 0 Å². The first-order valence-electron chi connectivity index (χ1n) is 7.25. The lowest BCUT2D eigenvalue weighted by Gasteiger charge is -2.13. The van der Waals surface area contributed by atoms with Crippen molar-refractivity contribution in [3.63, 3.8) is 0 Å². The van der Waals surface area contributed by atoms with Crippen molar-refractivity contribution >= 4 is 11.8 Å². The number of rotatable bonds is 6. The first kappa shape index (κ1) is 14.3. The van der Waals surface area contributed by atoms with E-state index in [0.717, 1.165) is 18.6 Å². The van der Waals surface area contributed by atoms with Gasteiger partial charge in [-0.05, 0) is 37.1 Å². The van der Waals surface area contributed by atoms with E-state index in [2.05, 4.69) is 4.98 Å². The molecule has 0 N–H and O–H groups in total. The average Bonchev–Trinajstić information content (AvgIpc) is 2.81. The van der Waals surface area contributed by atoms with Crippen LogP contribution in [0.15, 0.2) is 48.8 Å². The lowest BCUT2D eigenvalue weighted by molar-refractivity contribution is 0.0649. The lowest BCUT2D eigenvalue weighted by atomic mass is 10.1. The molecule has 0 saturated heterocycles. The van der Waals surface area contributed by atoms with Crippen molar-refractivity contribution in [1.82, 2.24) is 9.88 Å². The number of hydrogen-bond donors (Lipinski definition) is 0. The molecule has 1 aliphatic heterocycles. The molecule has 2 aromatic rings. The third-order valence-corrected chi connectivity index (χ3v) is 3.57. The second kappa shape index (κ2) is 6.39. The first-order valence-corrected chi connectivity index (χ1v) is 7.25. The second-order valence-corrected chi connectivity index (χ2v) is 5.05. The van der Waals surface area contributed by atoms with Crippen LogP contribution < -0.4 is 4.74 Å². The molecule has 1 aromatic heterocycles. The Bertz CT molecular complexity index is 650. The molecule has 1 aromatic carbocycles. The molecule has 0 radical (unpaired) electrons. The zero-order chi connectivity index (χ0) is 15.4. The number of nitrogens with zero attached hydrogens (tertiary/aromatic N) is 2. The van der Waals surface area contributed by atoms with Crippen LogP contribution in [0.2, 0.25) is 0 Å². The Labute approximate surface area is 128 Å². The van der Waals surface area contributed by atoms with E-state index in [-0.39, 0.29) is 11.8 Å². The van der Waals surface area contributed by atoms with E-state index in [1.54, 1.807) is 48.8 Å². The molecule has 2 heterocycles. The van der Waals surface area contributed by atoms with Gasteiger partial charge in [0.25, 0.3) is 11.8 Å². The van der Waals surface area contributed by atoms with Gasteiger partial charge in [-0.1, -0.05) is 12.1 Å². The van der Waals surface area contributed by atoms with Crippen LogP contribution in [0.1, 0.15) is 33.6 Å². The Morgan fingerprint density at radius 1 is 0.909 bits per heavy atom. The third-order valence-electron chi connectivity index (χ3n) is 3.57. The molecule has 5 nitrogen and oxygen atoms in total. The largest absolute Gasteiger partial charge is 0.493 e. The predicted molar refractivity (Wildman–Crippen MR) is 80.8 cm³/mol. The van der Waals surface area contributed by atoms with E-state index in [4.69, 9.17) is 4.74 Å². The summed E-state index contributed by atoms with van der Waals surface area (Å²) in [6, 6.07) is 10.5. The van der Waals surface area contributed by atoms with E-state index in [1.807, 2.05) is 0 Å². The van der Waals surface area contributed by atoms with E-state index in [9.17, 15) is 9.59 Å². The van der Waals surface area contributed by atoms with Crippen molar-refractivity contribution in [1.29, 1.82) is 0 Å². The molecular formula is C17H16N2O3. The summed E-state index contributed by atoms with van der Waals surface area (Å²) >= 11 is 0. The van der Waals surface area contributed by atoms with Crippen LogP contribution in [0, 0.1) is 0 Å². The van der Waals surface area contributed by atoms with Gasteiger partial charge < -0.3 is 4.74 Å². The minimum atomic E-state index is -0.198. The van der Waals surface area contributed by atoms with Gasteiger partial charge in [0.05, 0.1) is 17.7 Å². The van der Waals surface area contributed by atoms with Crippen LogP contribution in [0.25, 0.3) is 0 Å². The maximum absolute atomic E-state index is 12.2. The van der Waals surface area contributed by atoms with Gasteiger partial charge in [-0.25, -0.2) is 0 Å². The quantitative estimate of drug-likeness (QED) is 0.607. The number of carbonyl (C=O) groups excluding carboxylic acids is 2. The number of pyridine rings is 1. The Kier molecular flexibility index (Phi) is 4.14. The molecule has 0 unspecified atom stereocenters. The average molecular weight is 296 g/mol. The maximum Gasteiger partial charge on any atom is 0.261 e. The van der Waals surface area contributed by atoms with Crippen molar-refractivity contribution in [2.75, 3.05) is 13.2 Å². The van der Waals surface area contributed by atoms with Gasteiger partial charge in [0.1, 0.15) is 5.75 Å². The van der Waals surface area contributed by atoms with Gasteiger partial charge in [-0.2, -0.15) is 0 Å². The normalized spacial score (nSPS) is 13.4. The molecule has 0 saturated carbocycles. The molecule has 112 valence electrons. The number of unbranched alkanes of at least 4 members (excludes halogenated alkanes) is 1. The standard InChI is InChI=1S/C17H16N2O3/c20-16-14-5-1-2-6-15(14)17(21)19(16)11-3-4-12-22-13-7-9-18-10-8-13/h1-2,5-10H,3-4,11-12H2. The number of imide groups is 1. The van der Waals surface area contributed by atoms with Crippen LogP contribution in [-0.4, -0.2) is 34.8 Å². The molecule has 0 spiro atoms. The first-order chi connectivity index (χ1) is 10.8. The zero-order valence-corrected chi connectivity index (χ0v) is 12.1. The molecule has 22 heavy (non-hydrogen) atoms. The smallest absolute Gasteiger partial charge is 0.261 e. The molecule has 0 atom stereocenters. The highest BCUT2D eigenvalue weighted by molar-refractivity contribution is 6.21. The number of fused-ring (bicyclic) bond motifs is 1. The highest BCUT2D eigenvalue weighted by Gasteiger charge is 2.34. The summed E-state index contributed by atoms with van der Waals surface area (Å²) in [5.74, 6) is 0.377. The van der Waals surface area contributed by atoms with Gasteiger partial charge in [0, 0.05) is 18.9 Å². The number of amides is 2. The highest BCUT2D eigenvalue weighted by atomic mass is 16.5. The number of aromatic nitrogens is 1. The molecule has 0 bridgehead atoms. The van der Waals surface area contributed by atoms with Gasteiger partial charge in [-0.3, -0.25) is 19.5 Å². The summed E-state index contributed by atoms with van der Waals surface area (Å²) in [5.41, 5.74) is 1.00. The van der Waals surface area contributed by atoms with Crippen LogP contribution in [0.4, 0.5) is 0 Å². The fourth-order valence-electron chi connectivity index (χ4n) is 2.44. The Morgan fingerprint density at radius 3 is 2.18 bits per heavy atom. The fraction of sp³-hybridized carbons (Fsp3) is 0.235. The molecule has 3 rings (SSSR count). The topological polar surface area (TPSA) is 59.5 Å². The summed E-state index contributed by atoms with van der Waals surface area (Å²) in [6.45, 7) is 0.971. The minimum absolute atomic E-state index is 0.198. The van der Waals surface area contributed by atoms with E-state index >= 15 is 0 Å². The number of benzene rings is 1. The van der Waals surface area contributed by atoms with Crippen LogP contribution in [0.5, 0.6) is 5.75 Å². The Balaban J connectivity index is 1.47. The van der Waals surface area contributed by atoms with Crippen molar-refractivity contribution in [3.8, 4) is 5.75 Å². The molecule has 0 fully saturated rings.